The molecular weight excluding hydrogens is 396 g/mol. The molecule has 5 heteroatoms. The van der Waals surface area contributed by atoms with Gasteiger partial charge in [0, 0.05) is 11.0 Å². The number of nitrogens with zero attached hydrogens (tertiary/aromatic N) is 2. The molecule has 0 spiro atoms. The third-order valence-electron chi connectivity index (χ3n) is 3.77. The Hall–Kier alpha value is -1.85. The van der Waals surface area contributed by atoms with Gasteiger partial charge in [-0.3, -0.25) is 9.69 Å². The van der Waals surface area contributed by atoms with E-state index >= 15 is 0 Å². The Labute approximate surface area is 161 Å². The summed E-state index contributed by atoms with van der Waals surface area (Å²) in [6.07, 6.45) is 3.94. The number of rotatable bonds is 5. The van der Waals surface area contributed by atoms with Crippen LogP contribution in [0.1, 0.15) is 25.3 Å². The fourth-order valence-electron chi connectivity index (χ4n) is 2.43. The predicted molar refractivity (Wildman–Crippen MR) is 110 cm³/mol. The van der Waals surface area contributed by atoms with Crippen LogP contribution in [-0.4, -0.2) is 22.5 Å². The van der Waals surface area contributed by atoms with Crippen molar-refractivity contribution in [2.24, 2.45) is 4.99 Å². The number of aliphatic imine (C=N–C) groups is 1. The first-order valence-corrected chi connectivity index (χ1v) is 9.89. The van der Waals surface area contributed by atoms with Gasteiger partial charge in [0.05, 0.1) is 10.6 Å². The lowest BCUT2D eigenvalue weighted by Gasteiger charge is -2.14. The molecule has 1 aliphatic heterocycles. The largest absolute Gasteiger partial charge is 0.286 e. The maximum atomic E-state index is 12.8. The second kappa shape index (κ2) is 8.50. The van der Waals surface area contributed by atoms with E-state index in [0.29, 0.717) is 11.4 Å². The molecule has 1 fully saturated rings. The molecular formula is C20H19BrN2OS. The quantitative estimate of drug-likeness (QED) is 0.574. The monoisotopic (exact) mass is 414 g/mol. The van der Waals surface area contributed by atoms with E-state index in [1.54, 1.807) is 4.90 Å². The highest BCUT2D eigenvalue weighted by atomic mass is 79.9. The molecule has 128 valence electrons. The Kier molecular flexibility index (Phi) is 6.10. The molecule has 1 aliphatic rings. The molecule has 1 heterocycles. The third kappa shape index (κ3) is 4.61. The van der Waals surface area contributed by atoms with Gasteiger partial charge < -0.3 is 0 Å². The molecule has 0 N–H and O–H groups in total. The first-order valence-electron chi connectivity index (χ1n) is 8.28. The van der Waals surface area contributed by atoms with E-state index in [0.717, 1.165) is 33.7 Å². The molecule has 1 saturated heterocycles. The van der Waals surface area contributed by atoms with Crippen LogP contribution in [0, 0.1) is 0 Å². The SMILES string of the molecule is CCCCN1C(=O)/C(=C\c2ccc(Br)cc2)SC1=Nc1ccccc1. The molecule has 25 heavy (non-hydrogen) atoms. The minimum atomic E-state index is 0.0380. The summed E-state index contributed by atoms with van der Waals surface area (Å²) in [7, 11) is 0. The second-order valence-electron chi connectivity index (χ2n) is 5.70. The van der Waals surface area contributed by atoms with Crippen LogP contribution in [-0.2, 0) is 4.79 Å². The normalized spacial score (nSPS) is 17.7. The number of halogens is 1. The van der Waals surface area contributed by atoms with Crippen molar-refractivity contribution < 1.29 is 4.79 Å². The van der Waals surface area contributed by atoms with Gasteiger partial charge in [0.1, 0.15) is 0 Å². The number of amides is 1. The van der Waals surface area contributed by atoms with E-state index in [1.807, 2.05) is 60.7 Å². The summed E-state index contributed by atoms with van der Waals surface area (Å²) in [6.45, 7) is 2.83. The lowest BCUT2D eigenvalue weighted by Crippen LogP contribution is -2.30. The molecule has 2 aromatic rings. The summed E-state index contributed by atoms with van der Waals surface area (Å²) in [5.74, 6) is 0.0380. The van der Waals surface area contributed by atoms with E-state index in [-0.39, 0.29) is 5.91 Å². The van der Waals surface area contributed by atoms with Crippen LogP contribution in [0.3, 0.4) is 0 Å². The number of unbranched alkanes of at least 4 members (excludes halogenated alkanes) is 1. The Morgan fingerprint density at radius 2 is 1.84 bits per heavy atom. The average molecular weight is 415 g/mol. The van der Waals surface area contributed by atoms with Crippen molar-refractivity contribution in [1.29, 1.82) is 0 Å². The zero-order valence-electron chi connectivity index (χ0n) is 14.0. The summed E-state index contributed by atoms with van der Waals surface area (Å²) in [5, 5.41) is 0.757. The van der Waals surface area contributed by atoms with E-state index in [9.17, 15) is 4.79 Å². The minimum absolute atomic E-state index is 0.0380. The zero-order chi connectivity index (χ0) is 17.6. The third-order valence-corrected chi connectivity index (χ3v) is 5.31. The van der Waals surface area contributed by atoms with Gasteiger partial charge in [-0.2, -0.15) is 0 Å². The predicted octanol–water partition coefficient (Wildman–Crippen LogP) is 5.85. The van der Waals surface area contributed by atoms with Gasteiger partial charge in [0.15, 0.2) is 5.17 Å². The van der Waals surface area contributed by atoms with Crippen molar-refractivity contribution in [3.05, 3.63) is 69.5 Å². The molecule has 1 amide bonds. The number of benzene rings is 2. The summed E-state index contributed by atoms with van der Waals surface area (Å²) in [6, 6.07) is 17.7. The number of thioether (sulfide) groups is 1. The number of carbonyl (C=O) groups excluding carboxylic acids is 1. The van der Waals surface area contributed by atoms with Gasteiger partial charge in [-0.25, -0.2) is 4.99 Å². The lowest BCUT2D eigenvalue weighted by atomic mass is 10.2. The summed E-state index contributed by atoms with van der Waals surface area (Å²) >= 11 is 4.88. The number of hydrogen-bond acceptors (Lipinski definition) is 3. The summed E-state index contributed by atoms with van der Waals surface area (Å²) in [4.78, 5) is 20.0. The highest BCUT2D eigenvalue weighted by Gasteiger charge is 2.32. The van der Waals surface area contributed by atoms with Gasteiger partial charge in [0.2, 0.25) is 0 Å². The van der Waals surface area contributed by atoms with Gasteiger partial charge in [-0.05, 0) is 54.1 Å². The Morgan fingerprint density at radius 3 is 2.52 bits per heavy atom. The molecule has 3 nitrogen and oxygen atoms in total. The summed E-state index contributed by atoms with van der Waals surface area (Å²) in [5.41, 5.74) is 1.87. The van der Waals surface area contributed by atoms with Crippen molar-refractivity contribution in [3.63, 3.8) is 0 Å². The number of amidine groups is 1. The Bertz CT molecular complexity index is 800. The topological polar surface area (TPSA) is 32.7 Å². The van der Waals surface area contributed by atoms with Gasteiger partial charge in [-0.1, -0.05) is 59.6 Å². The van der Waals surface area contributed by atoms with Crippen molar-refractivity contribution in [2.75, 3.05) is 6.54 Å². The van der Waals surface area contributed by atoms with E-state index < -0.39 is 0 Å². The zero-order valence-corrected chi connectivity index (χ0v) is 16.4. The van der Waals surface area contributed by atoms with Crippen LogP contribution in [0.25, 0.3) is 6.08 Å². The number of hydrogen-bond donors (Lipinski definition) is 0. The van der Waals surface area contributed by atoms with Gasteiger partial charge >= 0.3 is 0 Å². The number of para-hydroxylation sites is 1. The molecule has 2 aromatic carbocycles. The van der Waals surface area contributed by atoms with Gasteiger partial charge in [0.25, 0.3) is 5.91 Å². The van der Waals surface area contributed by atoms with E-state index in [4.69, 9.17) is 0 Å². The smallest absolute Gasteiger partial charge is 0.266 e. The van der Waals surface area contributed by atoms with Crippen molar-refractivity contribution >= 4 is 50.5 Å². The van der Waals surface area contributed by atoms with Crippen molar-refractivity contribution in [2.45, 2.75) is 19.8 Å². The highest BCUT2D eigenvalue weighted by molar-refractivity contribution is 9.10. The lowest BCUT2D eigenvalue weighted by molar-refractivity contribution is -0.122. The van der Waals surface area contributed by atoms with Crippen LogP contribution in [0.15, 0.2) is 69.0 Å². The molecule has 3 rings (SSSR count). The molecule has 0 atom stereocenters. The average Bonchev–Trinajstić information content (AvgIpc) is 2.91. The maximum Gasteiger partial charge on any atom is 0.266 e. The molecule has 0 unspecified atom stereocenters. The minimum Gasteiger partial charge on any atom is -0.286 e. The van der Waals surface area contributed by atoms with Crippen LogP contribution in [0.4, 0.5) is 5.69 Å². The maximum absolute atomic E-state index is 12.8. The molecule has 0 saturated carbocycles. The van der Waals surface area contributed by atoms with Crippen LogP contribution in [0.5, 0.6) is 0 Å². The standard InChI is InChI=1S/C20H19BrN2OS/c1-2-3-13-23-19(24)18(14-15-9-11-16(21)12-10-15)25-20(23)22-17-7-5-4-6-8-17/h4-12,14H,2-3,13H2,1H3/b18-14+,22-20?. The van der Waals surface area contributed by atoms with Crippen LogP contribution in [0.2, 0.25) is 0 Å². The van der Waals surface area contributed by atoms with Crippen LogP contribution < -0.4 is 0 Å². The second-order valence-corrected chi connectivity index (χ2v) is 7.63. The van der Waals surface area contributed by atoms with Crippen molar-refractivity contribution in [1.82, 2.24) is 4.90 Å². The Balaban J connectivity index is 1.90. The van der Waals surface area contributed by atoms with Crippen molar-refractivity contribution in [3.8, 4) is 0 Å². The van der Waals surface area contributed by atoms with Gasteiger partial charge in [-0.15, -0.1) is 0 Å². The van der Waals surface area contributed by atoms with Crippen LogP contribution >= 0.6 is 27.7 Å². The molecule has 0 aliphatic carbocycles. The first kappa shape index (κ1) is 18.0. The van der Waals surface area contributed by atoms with E-state index in [1.165, 1.54) is 11.8 Å². The van der Waals surface area contributed by atoms with E-state index in [2.05, 4.69) is 27.8 Å². The first-order chi connectivity index (χ1) is 12.2. The highest BCUT2D eigenvalue weighted by Crippen LogP contribution is 2.34. The summed E-state index contributed by atoms with van der Waals surface area (Å²) < 4.78 is 1.02. The fraction of sp³-hybridized carbons (Fsp3) is 0.200. The Morgan fingerprint density at radius 1 is 1.12 bits per heavy atom. The number of carbonyl (C=O) groups is 1. The molecule has 0 aromatic heterocycles. The molecule has 0 radical (unpaired) electrons. The molecule has 0 bridgehead atoms. The fourth-order valence-corrected chi connectivity index (χ4v) is 3.72.